The predicted octanol–water partition coefficient (Wildman–Crippen LogP) is 2.52. The highest BCUT2D eigenvalue weighted by molar-refractivity contribution is 5.83. The van der Waals surface area contributed by atoms with E-state index in [0.29, 0.717) is 6.42 Å². The minimum Gasteiger partial charge on any atom is -0.391 e. The van der Waals surface area contributed by atoms with E-state index in [2.05, 4.69) is 51.3 Å². The van der Waals surface area contributed by atoms with Gasteiger partial charge in [-0.3, -0.25) is 4.90 Å². The summed E-state index contributed by atoms with van der Waals surface area (Å²) in [4.78, 5) is 9.86. The number of para-hydroxylation sites is 1. The molecule has 3 unspecified atom stereocenters. The molecule has 4 rings (SSSR count). The van der Waals surface area contributed by atoms with Crippen LogP contribution in [-0.4, -0.2) is 48.9 Å². The van der Waals surface area contributed by atoms with Crippen molar-refractivity contribution in [3.8, 4) is 0 Å². The van der Waals surface area contributed by atoms with Gasteiger partial charge in [0.25, 0.3) is 0 Å². The second-order valence-electron chi connectivity index (χ2n) is 6.55. The number of hydrogen-bond donors (Lipinski definition) is 2. The molecule has 126 valence electrons. The van der Waals surface area contributed by atoms with Crippen molar-refractivity contribution in [3.05, 3.63) is 48.7 Å². The number of piperidine rings is 1. The maximum absolute atomic E-state index is 10.7. The third kappa shape index (κ3) is 2.61. The molecule has 0 spiro atoms. The summed E-state index contributed by atoms with van der Waals surface area (Å²) in [5.41, 5.74) is 2.42. The molecular formula is C18H23N5O. The van der Waals surface area contributed by atoms with Crippen LogP contribution in [0.25, 0.3) is 10.9 Å². The van der Waals surface area contributed by atoms with Crippen molar-refractivity contribution in [1.29, 1.82) is 0 Å². The molecule has 0 aliphatic carbocycles. The maximum Gasteiger partial charge on any atom is 0.137 e. The van der Waals surface area contributed by atoms with E-state index in [4.69, 9.17) is 0 Å². The van der Waals surface area contributed by atoms with Crippen LogP contribution in [0.1, 0.15) is 37.4 Å². The van der Waals surface area contributed by atoms with E-state index >= 15 is 0 Å². The lowest BCUT2D eigenvalue weighted by molar-refractivity contribution is -0.00615. The summed E-state index contributed by atoms with van der Waals surface area (Å²) >= 11 is 0. The van der Waals surface area contributed by atoms with Gasteiger partial charge in [-0.15, -0.1) is 0 Å². The summed E-state index contributed by atoms with van der Waals surface area (Å²) in [6.45, 7) is 3.98. The van der Waals surface area contributed by atoms with Crippen LogP contribution in [0.15, 0.2) is 43.1 Å². The molecule has 0 saturated carbocycles. The Balaban J connectivity index is 1.67. The molecule has 3 aromatic rings. The fourth-order valence-electron chi connectivity index (χ4n) is 3.90. The topological polar surface area (TPSA) is 70.0 Å². The number of rotatable bonds is 4. The summed E-state index contributed by atoms with van der Waals surface area (Å²) in [6.07, 6.45) is 6.68. The zero-order valence-electron chi connectivity index (χ0n) is 13.8. The van der Waals surface area contributed by atoms with Crippen molar-refractivity contribution in [2.75, 3.05) is 13.1 Å². The summed E-state index contributed by atoms with van der Waals surface area (Å²) < 4.78 is 1.79. The second kappa shape index (κ2) is 6.37. The first-order chi connectivity index (χ1) is 11.8. The number of nitrogens with one attached hydrogen (secondary N) is 1. The smallest absolute Gasteiger partial charge is 0.137 e. The highest BCUT2D eigenvalue weighted by Gasteiger charge is 2.37. The van der Waals surface area contributed by atoms with E-state index < -0.39 is 6.10 Å². The Morgan fingerprint density at radius 3 is 3.00 bits per heavy atom. The van der Waals surface area contributed by atoms with E-state index in [1.807, 2.05) is 6.07 Å². The van der Waals surface area contributed by atoms with Crippen LogP contribution in [-0.2, 0) is 0 Å². The molecule has 3 atom stereocenters. The molecular weight excluding hydrogens is 302 g/mol. The number of aliphatic hydroxyl groups is 1. The Morgan fingerprint density at radius 1 is 1.33 bits per heavy atom. The van der Waals surface area contributed by atoms with Crippen LogP contribution in [0.2, 0.25) is 0 Å². The minimum absolute atomic E-state index is 0.0412. The average molecular weight is 325 g/mol. The lowest BCUT2D eigenvalue weighted by Crippen LogP contribution is -2.46. The molecule has 2 N–H and O–H groups in total. The quantitative estimate of drug-likeness (QED) is 0.773. The Bertz CT molecular complexity index is 797. The number of aromatic nitrogens is 4. The van der Waals surface area contributed by atoms with Crippen molar-refractivity contribution in [1.82, 2.24) is 24.6 Å². The summed E-state index contributed by atoms with van der Waals surface area (Å²) in [6, 6.07) is 8.54. The highest BCUT2D eigenvalue weighted by atomic mass is 16.3. The first kappa shape index (κ1) is 15.4. The summed E-state index contributed by atoms with van der Waals surface area (Å²) in [5.74, 6) is 0. The van der Waals surface area contributed by atoms with Crippen molar-refractivity contribution in [2.45, 2.75) is 38.0 Å². The Labute approximate surface area is 141 Å². The third-order valence-electron chi connectivity index (χ3n) is 5.04. The van der Waals surface area contributed by atoms with Gasteiger partial charge in [-0.25, -0.2) is 9.67 Å². The molecule has 6 nitrogen and oxygen atoms in total. The number of hydrogen-bond acceptors (Lipinski definition) is 4. The molecule has 3 heterocycles. The monoisotopic (exact) mass is 325 g/mol. The number of fused-ring (bicyclic) bond motifs is 1. The summed E-state index contributed by atoms with van der Waals surface area (Å²) in [5, 5.41) is 16.2. The molecule has 24 heavy (non-hydrogen) atoms. The average Bonchev–Trinajstić information content (AvgIpc) is 3.25. The van der Waals surface area contributed by atoms with Crippen LogP contribution in [0, 0.1) is 0 Å². The van der Waals surface area contributed by atoms with Crippen LogP contribution in [0.3, 0.4) is 0 Å². The van der Waals surface area contributed by atoms with Crippen molar-refractivity contribution >= 4 is 10.9 Å². The van der Waals surface area contributed by atoms with E-state index in [-0.39, 0.29) is 12.1 Å². The number of nitrogens with zero attached hydrogens (tertiary/aromatic N) is 4. The summed E-state index contributed by atoms with van der Waals surface area (Å²) in [7, 11) is 0. The van der Waals surface area contributed by atoms with Crippen molar-refractivity contribution in [3.63, 3.8) is 0 Å². The number of benzene rings is 1. The van der Waals surface area contributed by atoms with Gasteiger partial charge >= 0.3 is 0 Å². The molecule has 0 bridgehead atoms. The first-order valence-corrected chi connectivity index (χ1v) is 8.60. The Morgan fingerprint density at radius 2 is 2.21 bits per heavy atom. The predicted molar refractivity (Wildman–Crippen MR) is 92.6 cm³/mol. The number of aliphatic hydroxyl groups excluding tert-OH is 1. The van der Waals surface area contributed by atoms with E-state index in [1.54, 1.807) is 11.0 Å². The van der Waals surface area contributed by atoms with Gasteiger partial charge in [0, 0.05) is 29.7 Å². The lowest BCUT2D eigenvalue weighted by Gasteiger charge is -2.42. The molecule has 0 amide bonds. The minimum atomic E-state index is -0.432. The largest absolute Gasteiger partial charge is 0.391 e. The first-order valence-electron chi connectivity index (χ1n) is 8.60. The van der Waals surface area contributed by atoms with Crippen LogP contribution in [0.5, 0.6) is 0 Å². The zero-order chi connectivity index (χ0) is 16.5. The fraction of sp³-hybridized carbons (Fsp3) is 0.444. The molecule has 1 saturated heterocycles. The van der Waals surface area contributed by atoms with Crippen LogP contribution >= 0.6 is 0 Å². The van der Waals surface area contributed by atoms with Gasteiger partial charge in [0.15, 0.2) is 0 Å². The molecule has 1 aliphatic rings. The lowest BCUT2D eigenvalue weighted by atomic mass is 9.90. The molecule has 6 heteroatoms. The van der Waals surface area contributed by atoms with Gasteiger partial charge in [-0.1, -0.05) is 25.1 Å². The standard InChI is InChI=1S/C18H23N5O/c1-2-7-22-10-17(23-12-19-11-21-23)18(24)8-16(22)14-9-20-15-6-4-3-5-13(14)15/h3-6,9,11-12,16-18,20,24H,2,7-8,10H2,1H3. The van der Waals surface area contributed by atoms with Crippen LogP contribution < -0.4 is 0 Å². The Hall–Kier alpha value is -2.18. The Kier molecular flexibility index (Phi) is 4.08. The second-order valence-corrected chi connectivity index (χ2v) is 6.55. The van der Waals surface area contributed by atoms with E-state index in [9.17, 15) is 5.11 Å². The molecule has 1 fully saturated rings. The van der Waals surface area contributed by atoms with Gasteiger partial charge in [0.05, 0.1) is 12.1 Å². The number of aromatic amines is 1. The molecule has 0 radical (unpaired) electrons. The number of likely N-dealkylation sites (tertiary alicyclic amines) is 1. The van der Waals surface area contributed by atoms with E-state index in [0.717, 1.165) is 25.0 Å². The maximum atomic E-state index is 10.7. The molecule has 1 aromatic carbocycles. The van der Waals surface area contributed by atoms with Crippen LogP contribution in [0.4, 0.5) is 0 Å². The van der Waals surface area contributed by atoms with Gasteiger partial charge in [-0.05, 0) is 31.0 Å². The van der Waals surface area contributed by atoms with Crippen molar-refractivity contribution < 1.29 is 5.11 Å². The van der Waals surface area contributed by atoms with Gasteiger partial charge in [0.1, 0.15) is 12.7 Å². The van der Waals surface area contributed by atoms with Crippen molar-refractivity contribution in [2.24, 2.45) is 0 Å². The van der Waals surface area contributed by atoms with Gasteiger partial charge < -0.3 is 10.1 Å². The van der Waals surface area contributed by atoms with E-state index in [1.165, 1.54) is 17.3 Å². The van der Waals surface area contributed by atoms with Gasteiger partial charge in [-0.2, -0.15) is 5.10 Å². The highest BCUT2D eigenvalue weighted by Crippen LogP contribution is 2.38. The SMILES string of the molecule is CCCN1CC(n2cncn2)C(O)CC1c1c[nH]c2ccccc12. The number of H-pyrrole nitrogens is 1. The van der Waals surface area contributed by atoms with Gasteiger partial charge in [0.2, 0.25) is 0 Å². The fourth-order valence-corrected chi connectivity index (χ4v) is 3.90. The third-order valence-corrected chi connectivity index (χ3v) is 5.04. The molecule has 1 aliphatic heterocycles. The molecule has 2 aromatic heterocycles. The normalized spacial score (nSPS) is 25.3. The zero-order valence-corrected chi connectivity index (χ0v) is 13.8.